The molecule has 0 radical (unpaired) electrons. The first-order valence-electron chi connectivity index (χ1n) is 11.4. The van der Waals surface area contributed by atoms with Crippen molar-refractivity contribution in [1.82, 2.24) is 4.90 Å². The molecule has 2 aromatic carbocycles. The topological polar surface area (TPSA) is 80.0 Å². The van der Waals surface area contributed by atoms with E-state index in [1.165, 1.54) is 4.90 Å². The van der Waals surface area contributed by atoms with Crippen molar-refractivity contribution in [3.63, 3.8) is 0 Å². The Morgan fingerprint density at radius 2 is 1.91 bits per heavy atom. The Morgan fingerprint density at radius 3 is 2.66 bits per heavy atom. The third kappa shape index (κ3) is 6.13. The van der Waals surface area contributed by atoms with Crippen molar-refractivity contribution in [3.05, 3.63) is 65.4 Å². The second-order valence-electron chi connectivity index (χ2n) is 8.11. The number of carbonyl (C=O) groups excluding carboxylic acids is 1. The number of amides is 1. The standard InChI is InChI=1S/C26H31NO5/c1-18(2)27(26(30)21-13-12-20-15-19(3)32-24(20)16-21)17-22-9-6-7-10-23(22)31-14-8-4-5-11-25(28)29/h6-7,9-10,12-13,15-16,18H,4-5,8,11,14,17H2,1-3H3,(H,28,29)/i18D. The van der Waals surface area contributed by atoms with Gasteiger partial charge in [0.1, 0.15) is 17.1 Å². The van der Waals surface area contributed by atoms with Crippen LogP contribution in [-0.4, -0.2) is 34.5 Å². The zero-order valence-electron chi connectivity index (χ0n) is 19.9. The Labute approximate surface area is 190 Å². The molecule has 0 aliphatic rings. The molecule has 0 bridgehead atoms. The van der Waals surface area contributed by atoms with E-state index in [0.717, 1.165) is 29.6 Å². The molecule has 0 fully saturated rings. The predicted octanol–water partition coefficient (Wildman–Crippen LogP) is 5.82. The number of rotatable bonds is 11. The molecule has 0 saturated heterocycles. The number of hydrogen-bond acceptors (Lipinski definition) is 4. The lowest BCUT2D eigenvalue weighted by Gasteiger charge is -2.28. The van der Waals surface area contributed by atoms with Gasteiger partial charge in [0.25, 0.3) is 5.91 Å². The van der Waals surface area contributed by atoms with Crippen molar-refractivity contribution in [3.8, 4) is 5.75 Å². The number of fused-ring (bicyclic) bond motifs is 1. The number of carboxylic acid groups (broad SMARTS) is 1. The molecular weight excluding hydrogens is 406 g/mol. The highest BCUT2D eigenvalue weighted by Gasteiger charge is 2.21. The lowest BCUT2D eigenvalue weighted by atomic mass is 10.1. The third-order valence-corrected chi connectivity index (χ3v) is 5.27. The van der Waals surface area contributed by atoms with Gasteiger partial charge in [0.2, 0.25) is 0 Å². The number of hydrogen-bond donors (Lipinski definition) is 1. The van der Waals surface area contributed by atoms with Crippen LogP contribution in [0.3, 0.4) is 0 Å². The smallest absolute Gasteiger partial charge is 0.303 e. The molecule has 6 heteroatoms. The number of aliphatic carboxylic acids is 1. The zero-order valence-corrected chi connectivity index (χ0v) is 18.9. The van der Waals surface area contributed by atoms with Gasteiger partial charge in [0.05, 0.1) is 7.98 Å². The molecule has 1 aromatic heterocycles. The molecule has 3 aromatic rings. The number of furan rings is 1. The molecular formula is C26H31NO5. The Bertz CT molecular complexity index is 1120. The summed E-state index contributed by atoms with van der Waals surface area (Å²) < 4.78 is 20.2. The van der Waals surface area contributed by atoms with Gasteiger partial charge in [0, 0.05) is 35.5 Å². The highest BCUT2D eigenvalue weighted by Crippen LogP contribution is 2.25. The number of carbonyl (C=O) groups is 2. The van der Waals surface area contributed by atoms with E-state index in [4.69, 9.17) is 15.6 Å². The van der Waals surface area contributed by atoms with Gasteiger partial charge in [-0.25, -0.2) is 0 Å². The summed E-state index contributed by atoms with van der Waals surface area (Å²) >= 11 is 0. The summed E-state index contributed by atoms with van der Waals surface area (Å²) in [4.78, 5) is 25.6. The number of aryl methyl sites for hydroxylation is 1. The van der Waals surface area contributed by atoms with Gasteiger partial charge >= 0.3 is 5.97 Å². The second kappa shape index (κ2) is 10.8. The normalized spacial score (nSPS) is 11.9. The lowest BCUT2D eigenvalue weighted by Crippen LogP contribution is -2.36. The zero-order chi connectivity index (χ0) is 24.0. The molecule has 0 spiro atoms. The number of para-hydroxylation sites is 1. The first kappa shape index (κ1) is 21.9. The maximum atomic E-state index is 13.4. The summed E-state index contributed by atoms with van der Waals surface area (Å²) in [5.74, 6) is 0.399. The van der Waals surface area contributed by atoms with E-state index < -0.39 is 12.0 Å². The molecule has 1 heterocycles. The molecule has 170 valence electrons. The third-order valence-electron chi connectivity index (χ3n) is 5.27. The number of unbranched alkanes of at least 4 members (excludes halogenated alkanes) is 2. The SMILES string of the molecule is [2H]C(C)(C)N(Cc1ccccc1OCCCCCC(=O)O)C(=O)c1ccc2cc(C)oc2c1. The minimum atomic E-state index is -1.16. The van der Waals surface area contributed by atoms with Crippen LogP contribution in [0.4, 0.5) is 0 Å². The quantitative estimate of drug-likeness (QED) is 0.382. The van der Waals surface area contributed by atoms with E-state index in [0.29, 0.717) is 29.9 Å². The van der Waals surface area contributed by atoms with E-state index in [1.54, 1.807) is 26.0 Å². The maximum absolute atomic E-state index is 13.4. The van der Waals surface area contributed by atoms with Crippen LogP contribution in [0.2, 0.25) is 0 Å². The van der Waals surface area contributed by atoms with Crippen LogP contribution in [-0.2, 0) is 11.3 Å². The van der Waals surface area contributed by atoms with Gasteiger partial charge in [-0.3, -0.25) is 9.59 Å². The molecule has 0 aliphatic heterocycles. The fourth-order valence-corrected chi connectivity index (χ4v) is 3.57. The van der Waals surface area contributed by atoms with Crippen molar-refractivity contribution in [2.24, 2.45) is 0 Å². The second-order valence-corrected chi connectivity index (χ2v) is 8.11. The maximum Gasteiger partial charge on any atom is 0.303 e. The molecule has 0 unspecified atom stereocenters. The average Bonchev–Trinajstić information content (AvgIpc) is 3.13. The highest BCUT2D eigenvalue weighted by molar-refractivity contribution is 5.97. The first-order valence-corrected chi connectivity index (χ1v) is 10.9. The fourth-order valence-electron chi connectivity index (χ4n) is 3.57. The molecule has 0 atom stereocenters. The molecule has 1 N–H and O–H groups in total. The van der Waals surface area contributed by atoms with Crippen LogP contribution in [0, 0.1) is 6.92 Å². The fraction of sp³-hybridized carbons (Fsp3) is 0.385. The Kier molecular flexibility index (Phi) is 7.43. The summed E-state index contributed by atoms with van der Waals surface area (Å²) in [6.45, 7) is 5.92. The van der Waals surface area contributed by atoms with Crippen molar-refractivity contribution >= 4 is 22.8 Å². The van der Waals surface area contributed by atoms with E-state index in [-0.39, 0.29) is 18.9 Å². The average molecular weight is 439 g/mol. The van der Waals surface area contributed by atoms with E-state index in [9.17, 15) is 9.59 Å². The number of benzene rings is 2. The van der Waals surface area contributed by atoms with Crippen LogP contribution in [0.5, 0.6) is 5.75 Å². The Morgan fingerprint density at radius 1 is 1.12 bits per heavy atom. The van der Waals surface area contributed by atoms with Gasteiger partial charge in [0.15, 0.2) is 0 Å². The van der Waals surface area contributed by atoms with Gasteiger partial charge in [-0.15, -0.1) is 0 Å². The molecule has 6 nitrogen and oxygen atoms in total. The van der Waals surface area contributed by atoms with Crippen LogP contribution < -0.4 is 4.74 Å². The van der Waals surface area contributed by atoms with Gasteiger partial charge in [-0.1, -0.05) is 24.3 Å². The molecule has 0 saturated carbocycles. The first-order chi connectivity index (χ1) is 15.6. The number of nitrogens with zero attached hydrogens (tertiary/aromatic N) is 1. The highest BCUT2D eigenvalue weighted by atomic mass is 16.5. The van der Waals surface area contributed by atoms with Crippen LogP contribution in [0.25, 0.3) is 11.0 Å². The largest absolute Gasteiger partial charge is 0.493 e. The summed E-state index contributed by atoms with van der Waals surface area (Å²) in [5.41, 5.74) is 1.92. The van der Waals surface area contributed by atoms with Crippen LogP contribution in [0.1, 0.15) is 62.6 Å². The predicted molar refractivity (Wildman–Crippen MR) is 124 cm³/mol. The summed E-state index contributed by atoms with van der Waals surface area (Å²) in [7, 11) is 0. The van der Waals surface area contributed by atoms with Gasteiger partial charge in [-0.05, 0) is 64.3 Å². The van der Waals surface area contributed by atoms with E-state index >= 15 is 0 Å². The number of carboxylic acids is 1. The number of ether oxygens (including phenoxy) is 1. The van der Waals surface area contributed by atoms with Crippen molar-refractivity contribution < 1.29 is 25.2 Å². The minimum Gasteiger partial charge on any atom is -0.493 e. The Balaban J connectivity index is 1.73. The van der Waals surface area contributed by atoms with Gasteiger partial charge in [-0.2, -0.15) is 0 Å². The molecule has 0 aliphatic carbocycles. The lowest BCUT2D eigenvalue weighted by molar-refractivity contribution is -0.137. The van der Waals surface area contributed by atoms with Crippen molar-refractivity contribution in [2.45, 2.75) is 59.0 Å². The van der Waals surface area contributed by atoms with Crippen molar-refractivity contribution in [1.29, 1.82) is 0 Å². The minimum absolute atomic E-state index is 0.162. The van der Waals surface area contributed by atoms with Crippen LogP contribution in [0.15, 0.2) is 52.9 Å². The molecule has 1 amide bonds. The van der Waals surface area contributed by atoms with Crippen molar-refractivity contribution in [2.75, 3.05) is 6.61 Å². The van der Waals surface area contributed by atoms with Crippen LogP contribution >= 0.6 is 0 Å². The summed E-state index contributed by atoms with van der Waals surface area (Å²) in [6, 6.07) is 13.6. The van der Waals surface area contributed by atoms with Gasteiger partial charge < -0.3 is 19.2 Å². The summed E-state index contributed by atoms with van der Waals surface area (Å²) in [5, 5.41) is 9.66. The Hall–Kier alpha value is -3.28. The summed E-state index contributed by atoms with van der Waals surface area (Å²) in [6.07, 6.45) is 2.30. The molecule has 32 heavy (non-hydrogen) atoms. The van der Waals surface area contributed by atoms with E-state index in [2.05, 4.69) is 0 Å². The van der Waals surface area contributed by atoms with E-state index in [1.807, 2.05) is 43.3 Å². The molecule has 3 rings (SSSR count). The monoisotopic (exact) mass is 438 g/mol.